The minimum atomic E-state index is -1.28. The van der Waals surface area contributed by atoms with Crippen LogP contribution in [0.25, 0.3) is 0 Å². The number of hydrogen-bond acceptors (Lipinski definition) is 5. The summed E-state index contributed by atoms with van der Waals surface area (Å²) in [5.41, 5.74) is 1.06. The summed E-state index contributed by atoms with van der Waals surface area (Å²) >= 11 is 0. The Morgan fingerprint density at radius 3 is 2.42 bits per heavy atom. The second kappa shape index (κ2) is 8.54. The van der Waals surface area contributed by atoms with Crippen molar-refractivity contribution in [2.24, 2.45) is 0 Å². The summed E-state index contributed by atoms with van der Waals surface area (Å²) in [5.74, 6) is 0.973. The Balaban J connectivity index is 1.30. The maximum Gasteiger partial charge on any atom is 0.325 e. The monoisotopic (exact) mass is 448 g/mol. The fourth-order valence-corrected chi connectivity index (χ4v) is 5.00. The first kappa shape index (κ1) is 21.5. The fourth-order valence-electron chi connectivity index (χ4n) is 5.00. The van der Waals surface area contributed by atoms with Gasteiger partial charge in [-0.05, 0) is 48.9 Å². The van der Waals surface area contributed by atoms with Crippen LogP contribution in [0, 0.1) is 0 Å². The molecular formula is C26H28N2O5. The number of benzene rings is 2. The average Bonchev–Trinajstić information content (AvgIpc) is 3.08. The van der Waals surface area contributed by atoms with Crippen molar-refractivity contribution in [1.82, 2.24) is 10.2 Å². The third kappa shape index (κ3) is 3.96. The number of fused-ring (bicyclic) bond motifs is 1. The molecule has 1 saturated heterocycles. The Morgan fingerprint density at radius 2 is 1.70 bits per heavy atom. The van der Waals surface area contributed by atoms with Gasteiger partial charge < -0.3 is 14.8 Å². The van der Waals surface area contributed by atoms with Crippen molar-refractivity contribution in [2.75, 3.05) is 19.8 Å². The zero-order valence-corrected chi connectivity index (χ0v) is 18.8. The van der Waals surface area contributed by atoms with E-state index in [1.165, 1.54) is 37.7 Å². The molecule has 3 aliphatic rings. The standard InChI is InChI=1S/C26H28N2O5/c1-26(20-11-12-22-23(15-20)33-14-13-32-22)24(30)28(25(31)27-26)16-21(29)19-9-7-18(8-10-19)17-5-3-2-4-6-17/h7-12,15,17H,2-6,13-14,16H2,1H3,(H,27,31)/t26-/m1/s1. The minimum Gasteiger partial charge on any atom is -0.486 e. The van der Waals surface area contributed by atoms with Crippen LogP contribution in [0.15, 0.2) is 42.5 Å². The number of nitrogens with zero attached hydrogens (tertiary/aromatic N) is 1. The molecule has 2 aromatic carbocycles. The van der Waals surface area contributed by atoms with Gasteiger partial charge in [-0.2, -0.15) is 0 Å². The smallest absolute Gasteiger partial charge is 0.325 e. The first-order valence-electron chi connectivity index (χ1n) is 11.6. The van der Waals surface area contributed by atoms with E-state index in [1.54, 1.807) is 25.1 Å². The van der Waals surface area contributed by atoms with Crippen LogP contribution in [0.1, 0.15) is 66.4 Å². The van der Waals surface area contributed by atoms with Crippen molar-refractivity contribution in [3.05, 3.63) is 59.2 Å². The molecule has 0 aromatic heterocycles. The summed E-state index contributed by atoms with van der Waals surface area (Å²) in [6.07, 6.45) is 6.17. The van der Waals surface area contributed by atoms with Crippen LogP contribution in [-0.4, -0.2) is 42.4 Å². The zero-order valence-electron chi connectivity index (χ0n) is 18.8. The molecule has 33 heavy (non-hydrogen) atoms. The fraction of sp³-hybridized carbons (Fsp3) is 0.423. The van der Waals surface area contributed by atoms with E-state index in [9.17, 15) is 14.4 Å². The lowest BCUT2D eigenvalue weighted by Crippen LogP contribution is -2.41. The quantitative estimate of drug-likeness (QED) is 0.549. The normalized spacial score (nSPS) is 22.9. The number of Topliss-reactive ketones (excluding diaryl/α,β-unsaturated/α-hetero) is 1. The van der Waals surface area contributed by atoms with Gasteiger partial charge in [0.15, 0.2) is 17.3 Å². The third-order valence-electron chi connectivity index (χ3n) is 7.01. The number of ketones is 1. The molecule has 3 amide bonds. The number of carbonyl (C=O) groups is 3. The highest BCUT2D eigenvalue weighted by Gasteiger charge is 2.49. The Bertz CT molecular complexity index is 1090. The van der Waals surface area contributed by atoms with Crippen molar-refractivity contribution >= 4 is 17.7 Å². The number of nitrogens with one attached hydrogen (secondary N) is 1. The van der Waals surface area contributed by atoms with Gasteiger partial charge in [0.25, 0.3) is 5.91 Å². The van der Waals surface area contributed by atoms with Gasteiger partial charge in [0, 0.05) is 5.56 Å². The van der Waals surface area contributed by atoms with Gasteiger partial charge in [-0.3, -0.25) is 14.5 Å². The molecule has 2 heterocycles. The van der Waals surface area contributed by atoms with Crippen molar-refractivity contribution in [3.8, 4) is 11.5 Å². The van der Waals surface area contributed by atoms with Gasteiger partial charge in [-0.15, -0.1) is 0 Å². The van der Waals surface area contributed by atoms with Gasteiger partial charge in [0.05, 0.1) is 6.54 Å². The maximum atomic E-state index is 13.3. The SMILES string of the molecule is C[C@]1(c2ccc3c(c2)OCCO3)NC(=O)N(CC(=O)c2ccc(C3CCCCC3)cc2)C1=O. The molecule has 7 nitrogen and oxygen atoms in total. The lowest BCUT2D eigenvalue weighted by molar-refractivity contribution is -0.130. The second-order valence-electron chi connectivity index (χ2n) is 9.19. The van der Waals surface area contributed by atoms with E-state index in [-0.39, 0.29) is 12.3 Å². The predicted octanol–water partition coefficient (Wildman–Crippen LogP) is 4.16. The molecular weight excluding hydrogens is 420 g/mol. The summed E-state index contributed by atoms with van der Waals surface area (Å²) in [6, 6.07) is 12.2. The summed E-state index contributed by atoms with van der Waals surface area (Å²) in [4.78, 5) is 39.8. The highest BCUT2D eigenvalue weighted by molar-refractivity contribution is 6.11. The number of urea groups is 1. The van der Waals surface area contributed by atoms with Crippen molar-refractivity contribution < 1.29 is 23.9 Å². The summed E-state index contributed by atoms with van der Waals surface area (Å²) in [6.45, 7) is 2.24. The average molecular weight is 449 g/mol. The summed E-state index contributed by atoms with van der Waals surface area (Å²) < 4.78 is 11.2. The van der Waals surface area contributed by atoms with Crippen molar-refractivity contribution in [2.45, 2.75) is 50.5 Å². The molecule has 172 valence electrons. The highest BCUT2D eigenvalue weighted by Crippen LogP contribution is 2.37. The number of rotatable bonds is 5. The van der Waals surface area contributed by atoms with Gasteiger partial charge in [-0.1, -0.05) is 49.6 Å². The number of ether oxygens (including phenoxy) is 2. The number of carbonyl (C=O) groups excluding carboxylic acids is 3. The Morgan fingerprint density at radius 1 is 1.00 bits per heavy atom. The predicted molar refractivity (Wildman–Crippen MR) is 122 cm³/mol. The Kier molecular flexibility index (Phi) is 5.56. The minimum absolute atomic E-state index is 0.264. The second-order valence-corrected chi connectivity index (χ2v) is 9.19. The first-order valence-corrected chi connectivity index (χ1v) is 11.6. The molecule has 2 aliphatic heterocycles. The van der Waals surface area contributed by atoms with Gasteiger partial charge in [0.1, 0.15) is 18.8 Å². The van der Waals surface area contributed by atoms with E-state index in [0.29, 0.717) is 41.8 Å². The van der Waals surface area contributed by atoms with E-state index in [2.05, 4.69) is 5.32 Å². The molecule has 2 aromatic rings. The third-order valence-corrected chi connectivity index (χ3v) is 7.01. The number of hydrogen-bond donors (Lipinski definition) is 1. The van der Waals surface area contributed by atoms with Gasteiger partial charge in [-0.25, -0.2) is 4.79 Å². The molecule has 1 aliphatic carbocycles. The van der Waals surface area contributed by atoms with Crippen molar-refractivity contribution in [1.29, 1.82) is 0 Å². The van der Waals surface area contributed by atoms with Crippen LogP contribution >= 0.6 is 0 Å². The van der Waals surface area contributed by atoms with Gasteiger partial charge >= 0.3 is 6.03 Å². The molecule has 5 rings (SSSR count). The van der Waals surface area contributed by atoms with E-state index in [0.717, 1.165) is 4.90 Å². The number of imide groups is 1. The molecule has 0 spiro atoms. The van der Waals surface area contributed by atoms with Crippen LogP contribution in [0.5, 0.6) is 11.5 Å². The van der Waals surface area contributed by atoms with Crippen LogP contribution < -0.4 is 14.8 Å². The zero-order chi connectivity index (χ0) is 23.0. The molecule has 1 atom stereocenters. The molecule has 1 N–H and O–H groups in total. The van der Waals surface area contributed by atoms with E-state index < -0.39 is 17.5 Å². The summed E-state index contributed by atoms with van der Waals surface area (Å²) in [7, 11) is 0. The van der Waals surface area contributed by atoms with E-state index in [4.69, 9.17) is 9.47 Å². The van der Waals surface area contributed by atoms with E-state index >= 15 is 0 Å². The van der Waals surface area contributed by atoms with E-state index in [1.807, 2.05) is 24.3 Å². The Hall–Kier alpha value is -3.35. The molecule has 0 bridgehead atoms. The van der Waals surface area contributed by atoms with Crippen molar-refractivity contribution in [3.63, 3.8) is 0 Å². The lowest BCUT2D eigenvalue weighted by Gasteiger charge is -2.25. The summed E-state index contributed by atoms with van der Waals surface area (Å²) in [5, 5.41) is 2.75. The molecule has 0 unspecified atom stereocenters. The largest absolute Gasteiger partial charge is 0.486 e. The van der Waals surface area contributed by atoms with Crippen LogP contribution in [0.3, 0.4) is 0 Å². The van der Waals surface area contributed by atoms with Crippen LogP contribution in [0.4, 0.5) is 4.79 Å². The topological polar surface area (TPSA) is 84.9 Å². The first-order chi connectivity index (χ1) is 16.0. The number of amides is 3. The lowest BCUT2D eigenvalue weighted by atomic mass is 9.84. The molecule has 1 saturated carbocycles. The van der Waals surface area contributed by atoms with Gasteiger partial charge in [0.2, 0.25) is 0 Å². The highest BCUT2D eigenvalue weighted by atomic mass is 16.6. The maximum absolute atomic E-state index is 13.3. The van der Waals surface area contributed by atoms with Crippen LogP contribution in [-0.2, 0) is 10.3 Å². The molecule has 2 fully saturated rings. The Labute approximate surface area is 193 Å². The molecule has 7 heteroatoms. The molecule has 0 radical (unpaired) electrons. The van der Waals surface area contributed by atoms with Crippen LogP contribution in [0.2, 0.25) is 0 Å².